The maximum absolute atomic E-state index is 12.6. The predicted molar refractivity (Wildman–Crippen MR) is 61.9 cm³/mol. The molecular formula is C10H7ClF3N3O. The van der Waals surface area contributed by atoms with Crippen molar-refractivity contribution >= 4 is 28.5 Å². The Morgan fingerprint density at radius 3 is 2.61 bits per heavy atom. The van der Waals surface area contributed by atoms with Gasteiger partial charge in [-0.05, 0) is 12.1 Å². The largest absolute Gasteiger partial charge is 0.417 e. The van der Waals surface area contributed by atoms with E-state index in [2.05, 4.69) is 15.3 Å². The van der Waals surface area contributed by atoms with Gasteiger partial charge in [-0.2, -0.15) is 13.2 Å². The predicted octanol–water partition coefficient (Wildman–Crippen LogP) is 2.64. The van der Waals surface area contributed by atoms with E-state index in [1.165, 1.54) is 7.05 Å². The van der Waals surface area contributed by atoms with Crippen molar-refractivity contribution in [2.45, 2.75) is 6.18 Å². The number of aromatic nitrogens is 2. The second-order valence-corrected chi connectivity index (χ2v) is 3.92. The van der Waals surface area contributed by atoms with Gasteiger partial charge in [0.2, 0.25) is 0 Å². The van der Waals surface area contributed by atoms with Gasteiger partial charge in [0.1, 0.15) is 0 Å². The molecule has 2 aromatic rings. The molecule has 0 saturated carbocycles. The summed E-state index contributed by atoms with van der Waals surface area (Å²) in [6, 6.07) is 1.84. The van der Waals surface area contributed by atoms with Crippen molar-refractivity contribution in [3.8, 4) is 0 Å². The molecule has 0 amide bonds. The van der Waals surface area contributed by atoms with Crippen molar-refractivity contribution < 1.29 is 13.2 Å². The summed E-state index contributed by atoms with van der Waals surface area (Å²) >= 11 is 5.53. The highest BCUT2D eigenvalue weighted by Crippen LogP contribution is 2.36. The molecule has 8 heteroatoms. The van der Waals surface area contributed by atoms with E-state index in [1.54, 1.807) is 0 Å². The number of alkyl halides is 3. The Morgan fingerprint density at radius 2 is 2.06 bits per heavy atom. The third-order valence-electron chi connectivity index (χ3n) is 2.32. The van der Waals surface area contributed by atoms with E-state index in [9.17, 15) is 18.0 Å². The first kappa shape index (κ1) is 12.7. The molecule has 1 heterocycles. The molecular weight excluding hydrogens is 271 g/mol. The van der Waals surface area contributed by atoms with E-state index in [4.69, 9.17) is 11.6 Å². The zero-order valence-electron chi connectivity index (χ0n) is 9.02. The first-order valence-electron chi connectivity index (χ1n) is 4.81. The fourth-order valence-corrected chi connectivity index (χ4v) is 1.76. The van der Waals surface area contributed by atoms with Crippen LogP contribution in [0.3, 0.4) is 0 Å². The highest BCUT2D eigenvalue weighted by molar-refractivity contribution is 6.32. The number of anilines is 1. The molecule has 0 unspecified atom stereocenters. The summed E-state index contributed by atoms with van der Waals surface area (Å²) in [5.74, 6) is -0.0575. The summed E-state index contributed by atoms with van der Waals surface area (Å²) < 4.78 is 37.9. The Labute approximate surface area is 104 Å². The lowest BCUT2D eigenvalue weighted by atomic mass is 10.2. The van der Waals surface area contributed by atoms with Crippen LogP contribution in [0, 0.1) is 0 Å². The summed E-state index contributed by atoms with van der Waals surface area (Å²) in [6.45, 7) is 0. The van der Waals surface area contributed by atoms with Gasteiger partial charge >= 0.3 is 6.18 Å². The van der Waals surface area contributed by atoms with Crippen LogP contribution < -0.4 is 10.9 Å². The number of aromatic amines is 1. The van der Waals surface area contributed by atoms with Crippen molar-refractivity contribution in [2.24, 2.45) is 0 Å². The van der Waals surface area contributed by atoms with Crippen molar-refractivity contribution in [1.82, 2.24) is 9.97 Å². The second-order valence-electron chi connectivity index (χ2n) is 3.51. The molecule has 0 bridgehead atoms. The summed E-state index contributed by atoms with van der Waals surface area (Å²) in [4.78, 5) is 17.6. The molecule has 0 aliphatic rings. The number of halogens is 4. The van der Waals surface area contributed by atoms with Gasteiger partial charge in [0.05, 0.1) is 21.6 Å². The van der Waals surface area contributed by atoms with Crippen LogP contribution in [0.4, 0.5) is 19.0 Å². The molecule has 0 saturated heterocycles. The molecule has 2 rings (SSSR count). The number of nitrogens with zero attached hydrogens (tertiary/aromatic N) is 1. The Bertz CT molecular complexity index is 666. The van der Waals surface area contributed by atoms with Gasteiger partial charge in [-0.15, -0.1) is 0 Å². The summed E-state index contributed by atoms with van der Waals surface area (Å²) in [6.07, 6.45) is -4.57. The number of nitrogens with one attached hydrogen (secondary N) is 2. The van der Waals surface area contributed by atoms with Gasteiger partial charge < -0.3 is 10.3 Å². The topological polar surface area (TPSA) is 57.8 Å². The Hall–Kier alpha value is -1.76. The summed E-state index contributed by atoms with van der Waals surface area (Å²) in [5, 5.41) is 2.01. The summed E-state index contributed by atoms with van der Waals surface area (Å²) in [7, 11) is 1.45. The maximum atomic E-state index is 12.6. The van der Waals surface area contributed by atoms with E-state index >= 15 is 0 Å². The highest BCUT2D eigenvalue weighted by Gasteiger charge is 2.33. The second kappa shape index (κ2) is 4.16. The number of benzene rings is 1. The van der Waals surface area contributed by atoms with Gasteiger partial charge in [0.15, 0.2) is 5.82 Å². The first-order valence-corrected chi connectivity index (χ1v) is 5.19. The average molecular weight is 278 g/mol. The molecule has 18 heavy (non-hydrogen) atoms. The third kappa shape index (κ3) is 2.13. The molecule has 4 nitrogen and oxygen atoms in total. The van der Waals surface area contributed by atoms with Crippen LogP contribution in [-0.4, -0.2) is 17.0 Å². The van der Waals surface area contributed by atoms with Crippen LogP contribution in [0.15, 0.2) is 16.9 Å². The highest BCUT2D eigenvalue weighted by atomic mass is 35.5. The molecule has 1 aromatic carbocycles. The lowest BCUT2D eigenvalue weighted by Gasteiger charge is -2.10. The zero-order valence-corrected chi connectivity index (χ0v) is 9.78. The maximum Gasteiger partial charge on any atom is 0.417 e. The van der Waals surface area contributed by atoms with Gasteiger partial charge in [-0.3, -0.25) is 4.79 Å². The van der Waals surface area contributed by atoms with Crippen LogP contribution in [0.2, 0.25) is 5.02 Å². The van der Waals surface area contributed by atoms with Crippen molar-refractivity contribution in [1.29, 1.82) is 0 Å². The Morgan fingerprint density at radius 1 is 1.39 bits per heavy atom. The first-order chi connectivity index (χ1) is 8.32. The monoisotopic (exact) mass is 277 g/mol. The molecule has 0 aliphatic heterocycles. The van der Waals surface area contributed by atoms with Crippen LogP contribution in [0.1, 0.15) is 5.56 Å². The quantitative estimate of drug-likeness (QED) is 0.842. The molecule has 96 valence electrons. The molecule has 0 radical (unpaired) electrons. The van der Waals surface area contributed by atoms with E-state index in [0.29, 0.717) is 0 Å². The minimum atomic E-state index is -4.57. The van der Waals surface area contributed by atoms with Gasteiger partial charge in [-0.25, -0.2) is 4.98 Å². The molecule has 0 aliphatic carbocycles. The number of hydrogen-bond acceptors (Lipinski definition) is 3. The number of fused-ring (bicyclic) bond motifs is 1. The van der Waals surface area contributed by atoms with Crippen molar-refractivity contribution in [2.75, 3.05) is 12.4 Å². The van der Waals surface area contributed by atoms with E-state index in [1.807, 2.05) is 0 Å². The summed E-state index contributed by atoms with van der Waals surface area (Å²) in [5.41, 5.74) is -1.35. The Kier molecular flexibility index (Phi) is 2.94. The minimum absolute atomic E-state index is 0.00988. The smallest absolute Gasteiger partial charge is 0.369 e. The van der Waals surface area contributed by atoms with Crippen LogP contribution in [0.25, 0.3) is 11.0 Å². The molecule has 0 fully saturated rings. The normalized spacial score (nSPS) is 11.8. The number of H-pyrrole nitrogens is 1. The average Bonchev–Trinajstić information content (AvgIpc) is 2.26. The van der Waals surface area contributed by atoms with Crippen LogP contribution in [-0.2, 0) is 6.18 Å². The third-order valence-corrected chi connectivity index (χ3v) is 2.64. The lowest BCUT2D eigenvalue weighted by Crippen LogP contribution is -2.14. The van der Waals surface area contributed by atoms with E-state index in [0.717, 1.165) is 12.1 Å². The van der Waals surface area contributed by atoms with E-state index in [-0.39, 0.29) is 16.9 Å². The van der Waals surface area contributed by atoms with Gasteiger partial charge in [0.25, 0.3) is 5.56 Å². The standard InChI is InChI=1S/C10H7ClF3N3O/c1-15-8-9(18)17-7-3-5(11)4(10(12,13)14)2-6(7)16-8/h2-3H,1H3,(H,15,16)(H,17,18). The molecule has 0 spiro atoms. The number of hydrogen-bond donors (Lipinski definition) is 2. The Balaban J connectivity index is 2.78. The fraction of sp³-hybridized carbons (Fsp3) is 0.200. The van der Waals surface area contributed by atoms with Gasteiger partial charge in [0, 0.05) is 7.05 Å². The van der Waals surface area contributed by atoms with Gasteiger partial charge in [-0.1, -0.05) is 11.6 Å². The molecule has 1 aromatic heterocycles. The molecule has 0 atom stereocenters. The SMILES string of the molecule is CNc1nc2cc(C(F)(F)F)c(Cl)cc2[nH]c1=O. The van der Waals surface area contributed by atoms with E-state index < -0.39 is 22.3 Å². The van der Waals surface area contributed by atoms with Crippen molar-refractivity contribution in [3.05, 3.63) is 33.1 Å². The van der Waals surface area contributed by atoms with Crippen LogP contribution >= 0.6 is 11.6 Å². The van der Waals surface area contributed by atoms with Crippen molar-refractivity contribution in [3.63, 3.8) is 0 Å². The minimum Gasteiger partial charge on any atom is -0.369 e. The molecule has 2 N–H and O–H groups in total. The number of rotatable bonds is 1. The fourth-order valence-electron chi connectivity index (χ4n) is 1.49. The van der Waals surface area contributed by atoms with Crippen LogP contribution in [0.5, 0.6) is 0 Å². The lowest BCUT2D eigenvalue weighted by molar-refractivity contribution is -0.137. The zero-order chi connectivity index (χ0) is 13.5.